The molecule has 0 radical (unpaired) electrons. The zero-order valence-corrected chi connectivity index (χ0v) is 16.3. The van der Waals surface area contributed by atoms with Crippen LogP contribution in [0, 0.1) is 0 Å². The van der Waals surface area contributed by atoms with Crippen molar-refractivity contribution in [3.63, 3.8) is 0 Å². The molecule has 0 bridgehead atoms. The van der Waals surface area contributed by atoms with E-state index in [1.807, 2.05) is 36.5 Å². The lowest BCUT2D eigenvalue weighted by molar-refractivity contribution is 0.578. The van der Waals surface area contributed by atoms with Crippen LogP contribution in [0.15, 0.2) is 48.8 Å². The van der Waals surface area contributed by atoms with Crippen molar-refractivity contribution in [1.29, 1.82) is 0 Å². The van der Waals surface area contributed by atoms with E-state index in [-0.39, 0.29) is 0 Å². The van der Waals surface area contributed by atoms with E-state index >= 15 is 0 Å². The average Bonchev–Trinajstić information content (AvgIpc) is 3.43. The first-order chi connectivity index (χ1) is 14.9. The third-order valence-electron chi connectivity index (χ3n) is 5.62. The van der Waals surface area contributed by atoms with Gasteiger partial charge < -0.3 is 9.88 Å². The number of aromatic amines is 2. The summed E-state index contributed by atoms with van der Waals surface area (Å²) in [6.07, 6.45) is 7.33. The fourth-order valence-corrected chi connectivity index (χ4v) is 4.12. The number of anilines is 1. The minimum absolute atomic E-state index is 0.666. The summed E-state index contributed by atoms with van der Waals surface area (Å²) in [5, 5.41) is 7.56. The van der Waals surface area contributed by atoms with Gasteiger partial charge in [0.25, 0.3) is 0 Å². The summed E-state index contributed by atoms with van der Waals surface area (Å²) in [7, 11) is 0. The van der Waals surface area contributed by atoms with Gasteiger partial charge >= 0.3 is 0 Å². The highest BCUT2D eigenvalue weighted by Crippen LogP contribution is 2.31. The second-order valence-electron chi connectivity index (χ2n) is 7.54. The first-order valence-corrected chi connectivity index (χ1v) is 10.2. The number of piperidine rings is 1. The van der Waals surface area contributed by atoms with E-state index in [1.165, 1.54) is 19.3 Å². The molecule has 0 aromatic carbocycles. The topological polar surface area (TPSA) is 99.3 Å². The van der Waals surface area contributed by atoms with Gasteiger partial charge in [0.15, 0.2) is 17.2 Å². The third-order valence-corrected chi connectivity index (χ3v) is 5.62. The molecule has 6 heterocycles. The highest BCUT2D eigenvalue weighted by Gasteiger charge is 2.20. The molecule has 0 amide bonds. The van der Waals surface area contributed by atoms with Crippen molar-refractivity contribution >= 4 is 27.9 Å². The lowest BCUT2D eigenvalue weighted by Crippen LogP contribution is -2.29. The normalized spacial score (nSPS) is 14.6. The molecule has 1 fully saturated rings. The number of nitrogens with one attached hydrogen (secondary N) is 2. The summed E-state index contributed by atoms with van der Waals surface area (Å²) >= 11 is 0. The molecule has 5 aromatic rings. The van der Waals surface area contributed by atoms with Gasteiger partial charge in [0.05, 0.1) is 22.6 Å². The number of imidazole rings is 1. The van der Waals surface area contributed by atoms with E-state index in [4.69, 9.17) is 9.97 Å². The number of hydrogen-bond donors (Lipinski definition) is 2. The van der Waals surface area contributed by atoms with Gasteiger partial charge in [-0.1, -0.05) is 6.07 Å². The molecule has 8 heteroatoms. The predicted molar refractivity (Wildman–Crippen MR) is 116 cm³/mol. The molecule has 8 nitrogen and oxygen atoms in total. The number of hydrogen-bond acceptors (Lipinski definition) is 6. The highest BCUT2D eigenvalue weighted by atomic mass is 15.2. The number of nitrogens with zero attached hydrogens (tertiary/aromatic N) is 6. The van der Waals surface area contributed by atoms with E-state index < -0.39 is 0 Å². The SMILES string of the molecule is c1ccc(-c2ccc3[nH]nc(-c4nc5c(N6CCCCC6)ccnc5[nH]4)c3n2)nc1. The molecule has 1 saturated heterocycles. The van der Waals surface area contributed by atoms with Crippen LogP contribution in [0.5, 0.6) is 0 Å². The largest absolute Gasteiger partial charge is 0.370 e. The molecule has 1 aliphatic heterocycles. The fraction of sp³-hybridized carbons (Fsp3) is 0.227. The average molecular weight is 396 g/mol. The molecule has 5 aromatic heterocycles. The van der Waals surface area contributed by atoms with Crippen LogP contribution in [0.25, 0.3) is 45.1 Å². The first-order valence-electron chi connectivity index (χ1n) is 10.2. The van der Waals surface area contributed by atoms with Crippen LogP contribution in [0.3, 0.4) is 0 Å². The maximum Gasteiger partial charge on any atom is 0.162 e. The number of pyridine rings is 3. The molecule has 0 aliphatic carbocycles. The molecular weight excluding hydrogens is 376 g/mol. The molecule has 2 N–H and O–H groups in total. The van der Waals surface area contributed by atoms with Gasteiger partial charge in [0, 0.05) is 25.5 Å². The number of aromatic nitrogens is 7. The van der Waals surface area contributed by atoms with Crippen molar-refractivity contribution in [2.75, 3.05) is 18.0 Å². The van der Waals surface area contributed by atoms with Crippen LogP contribution in [0.2, 0.25) is 0 Å². The summed E-state index contributed by atoms with van der Waals surface area (Å²) < 4.78 is 0. The Bertz CT molecular complexity index is 1330. The third kappa shape index (κ3) is 2.80. The van der Waals surface area contributed by atoms with E-state index in [0.29, 0.717) is 11.5 Å². The Labute approximate surface area is 172 Å². The van der Waals surface area contributed by atoms with Crippen molar-refractivity contribution in [2.24, 2.45) is 0 Å². The van der Waals surface area contributed by atoms with Crippen molar-refractivity contribution in [3.05, 3.63) is 48.8 Å². The lowest BCUT2D eigenvalue weighted by atomic mass is 10.1. The maximum absolute atomic E-state index is 4.89. The van der Waals surface area contributed by atoms with Crippen LogP contribution < -0.4 is 4.90 Å². The number of rotatable bonds is 3. The Morgan fingerprint density at radius 3 is 2.60 bits per heavy atom. The quantitative estimate of drug-likeness (QED) is 0.479. The summed E-state index contributed by atoms with van der Waals surface area (Å²) in [6.45, 7) is 2.11. The zero-order valence-electron chi connectivity index (χ0n) is 16.3. The highest BCUT2D eigenvalue weighted by molar-refractivity contribution is 5.93. The molecule has 30 heavy (non-hydrogen) atoms. The first kappa shape index (κ1) is 17.1. The van der Waals surface area contributed by atoms with Gasteiger partial charge in [-0.25, -0.2) is 15.0 Å². The van der Waals surface area contributed by atoms with Crippen LogP contribution in [0.1, 0.15) is 19.3 Å². The van der Waals surface area contributed by atoms with E-state index in [0.717, 1.165) is 52.4 Å². The Kier molecular flexibility index (Phi) is 3.93. The Balaban J connectivity index is 1.47. The van der Waals surface area contributed by atoms with Crippen molar-refractivity contribution in [1.82, 2.24) is 35.1 Å². The van der Waals surface area contributed by atoms with Crippen LogP contribution in [0.4, 0.5) is 5.69 Å². The van der Waals surface area contributed by atoms with Gasteiger partial charge in [0.2, 0.25) is 0 Å². The van der Waals surface area contributed by atoms with Crippen LogP contribution in [-0.2, 0) is 0 Å². The smallest absolute Gasteiger partial charge is 0.162 e. The molecule has 148 valence electrons. The summed E-state index contributed by atoms with van der Waals surface area (Å²) in [5.41, 5.74) is 6.70. The minimum atomic E-state index is 0.666. The monoisotopic (exact) mass is 396 g/mol. The predicted octanol–water partition coefficient (Wildman–Crippen LogP) is 3.95. The van der Waals surface area contributed by atoms with Gasteiger partial charge in [-0.2, -0.15) is 5.10 Å². The van der Waals surface area contributed by atoms with Gasteiger partial charge in [0.1, 0.15) is 11.0 Å². The summed E-state index contributed by atoms with van der Waals surface area (Å²) in [6, 6.07) is 11.8. The Morgan fingerprint density at radius 2 is 1.73 bits per heavy atom. The number of H-pyrrole nitrogens is 2. The van der Waals surface area contributed by atoms with E-state index in [1.54, 1.807) is 6.20 Å². The van der Waals surface area contributed by atoms with Crippen LogP contribution in [-0.4, -0.2) is 48.2 Å². The molecule has 0 atom stereocenters. The van der Waals surface area contributed by atoms with Crippen molar-refractivity contribution < 1.29 is 0 Å². The number of fused-ring (bicyclic) bond motifs is 2. The van der Waals surface area contributed by atoms with Gasteiger partial charge in [-0.05, 0) is 49.6 Å². The minimum Gasteiger partial charge on any atom is -0.370 e. The fourth-order valence-electron chi connectivity index (χ4n) is 4.12. The molecule has 0 saturated carbocycles. The standard InChI is InChI=1S/C22H20N8/c1-4-12-30(13-5-1)17-9-11-24-21-19(17)26-22(27-21)20-18-16(28-29-20)8-7-15(25-18)14-6-2-3-10-23-14/h2-3,6-11H,1,4-5,12-13H2,(H,28,29)(H,24,26,27). The molecular formula is C22H20N8. The summed E-state index contributed by atoms with van der Waals surface area (Å²) in [5.74, 6) is 0.666. The molecule has 0 unspecified atom stereocenters. The lowest BCUT2D eigenvalue weighted by Gasteiger charge is -2.28. The maximum atomic E-state index is 4.89. The Hall–Kier alpha value is -3.81. The van der Waals surface area contributed by atoms with Crippen LogP contribution >= 0.6 is 0 Å². The molecule has 1 aliphatic rings. The van der Waals surface area contributed by atoms with E-state index in [2.05, 4.69) is 36.1 Å². The molecule has 0 spiro atoms. The van der Waals surface area contributed by atoms with Crippen molar-refractivity contribution in [2.45, 2.75) is 19.3 Å². The summed E-state index contributed by atoms with van der Waals surface area (Å²) in [4.78, 5) is 24.4. The Morgan fingerprint density at radius 1 is 0.800 bits per heavy atom. The van der Waals surface area contributed by atoms with Gasteiger partial charge in [-0.15, -0.1) is 0 Å². The zero-order chi connectivity index (χ0) is 19.9. The van der Waals surface area contributed by atoms with E-state index in [9.17, 15) is 0 Å². The second-order valence-corrected chi connectivity index (χ2v) is 7.54. The van der Waals surface area contributed by atoms with Crippen molar-refractivity contribution in [3.8, 4) is 22.9 Å². The molecule has 6 rings (SSSR count). The van der Waals surface area contributed by atoms with Gasteiger partial charge in [-0.3, -0.25) is 10.1 Å². The second kappa shape index (κ2) is 6.91.